The lowest BCUT2D eigenvalue weighted by molar-refractivity contribution is -0.0241. The molecule has 1 aliphatic heterocycles. The van der Waals surface area contributed by atoms with Gasteiger partial charge in [-0.3, -0.25) is 0 Å². The number of morpholine rings is 1. The van der Waals surface area contributed by atoms with E-state index in [2.05, 4.69) is 31.5 Å². The van der Waals surface area contributed by atoms with Crippen molar-refractivity contribution in [3.05, 3.63) is 0 Å². The third kappa shape index (κ3) is 4.25. The second-order valence-electron chi connectivity index (χ2n) is 5.20. The zero-order valence-corrected chi connectivity index (χ0v) is 10.5. The Morgan fingerprint density at radius 3 is 2.62 bits per heavy atom. The molecule has 1 atom stereocenters. The van der Waals surface area contributed by atoms with E-state index in [0.29, 0.717) is 6.10 Å². The standard InChI is InChI=1S/C10H23NOSi/c1-5-10-8-11(6-7-12-10)9-13(2,3)4/h10H,5-9H2,1-4H3. The fourth-order valence-corrected chi connectivity index (χ4v) is 3.47. The molecule has 3 heteroatoms. The van der Waals surface area contributed by atoms with Crippen LogP contribution in [0.25, 0.3) is 0 Å². The van der Waals surface area contributed by atoms with Crippen molar-refractivity contribution in [3.63, 3.8) is 0 Å². The van der Waals surface area contributed by atoms with Crippen LogP contribution in [0.4, 0.5) is 0 Å². The molecule has 0 aliphatic carbocycles. The SMILES string of the molecule is CCC1CN(C[Si](C)(C)C)CCO1. The minimum absolute atomic E-state index is 0.491. The number of nitrogens with zero attached hydrogens (tertiary/aromatic N) is 1. The Hall–Kier alpha value is 0.137. The minimum Gasteiger partial charge on any atom is -0.376 e. The molecule has 0 spiro atoms. The third-order valence-electron chi connectivity index (χ3n) is 2.38. The van der Waals surface area contributed by atoms with E-state index in [9.17, 15) is 0 Å². The lowest BCUT2D eigenvalue weighted by Crippen LogP contribution is -2.48. The predicted octanol–water partition coefficient (Wildman–Crippen LogP) is 1.97. The molecule has 0 N–H and O–H groups in total. The second-order valence-corrected chi connectivity index (χ2v) is 10.6. The lowest BCUT2D eigenvalue weighted by atomic mass is 10.2. The van der Waals surface area contributed by atoms with Crippen LogP contribution in [-0.4, -0.2) is 44.9 Å². The summed E-state index contributed by atoms with van der Waals surface area (Å²) in [4.78, 5) is 2.59. The number of ether oxygens (including phenoxy) is 1. The van der Waals surface area contributed by atoms with Crippen LogP contribution in [0.2, 0.25) is 19.6 Å². The first-order chi connectivity index (χ1) is 6.01. The van der Waals surface area contributed by atoms with Crippen LogP contribution in [0.3, 0.4) is 0 Å². The minimum atomic E-state index is -0.917. The van der Waals surface area contributed by atoms with Gasteiger partial charge in [-0.2, -0.15) is 0 Å². The van der Waals surface area contributed by atoms with Gasteiger partial charge in [0.05, 0.1) is 20.8 Å². The first kappa shape index (κ1) is 11.2. The van der Waals surface area contributed by atoms with Gasteiger partial charge in [-0.05, 0) is 12.6 Å². The maximum absolute atomic E-state index is 5.65. The summed E-state index contributed by atoms with van der Waals surface area (Å²) in [5.74, 6) is 0. The van der Waals surface area contributed by atoms with Gasteiger partial charge in [-0.25, -0.2) is 0 Å². The van der Waals surface area contributed by atoms with E-state index < -0.39 is 8.07 Å². The van der Waals surface area contributed by atoms with Gasteiger partial charge in [-0.15, -0.1) is 0 Å². The Labute approximate surface area is 83.3 Å². The molecule has 1 saturated heterocycles. The van der Waals surface area contributed by atoms with Gasteiger partial charge in [0.2, 0.25) is 0 Å². The molecule has 0 aromatic rings. The normalized spacial score (nSPS) is 26.3. The monoisotopic (exact) mass is 201 g/mol. The molecule has 2 nitrogen and oxygen atoms in total. The lowest BCUT2D eigenvalue weighted by Gasteiger charge is -2.35. The Balaban J connectivity index is 2.34. The van der Waals surface area contributed by atoms with Crippen LogP contribution in [0.15, 0.2) is 0 Å². The van der Waals surface area contributed by atoms with Crippen molar-refractivity contribution >= 4 is 8.07 Å². The van der Waals surface area contributed by atoms with Gasteiger partial charge in [0, 0.05) is 13.1 Å². The van der Waals surface area contributed by atoms with Crippen LogP contribution in [0.5, 0.6) is 0 Å². The molecule has 0 amide bonds. The summed E-state index contributed by atoms with van der Waals surface area (Å²) in [6.45, 7) is 12.7. The predicted molar refractivity (Wildman–Crippen MR) is 59.8 cm³/mol. The van der Waals surface area contributed by atoms with Crippen LogP contribution in [0, 0.1) is 0 Å². The summed E-state index contributed by atoms with van der Waals surface area (Å²) in [7, 11) is -0.917. The van der Waals surface area contributed by atoms with Crippen molar-refractivity contribution in [2.75, 3.05) is 25.9 Å². The molecule has 0 saturated carbocycles. The zero-order chi connectivity index (χ0) is 9.90. The first-order valence-corrected chi connectivity index (χ1v) is 9.06. The van der Waals surface area contributed by atoms with E-state index in [4.69, 9.17) is 4.74 Å². The maximum atomic E-state index is 5.65. The molecular formula is C10H23NOSi. The quantitative estimate of drug-likeness (QED) is 0.647. The van der Waals surface area contributed by atoms with Crippen molar-refractivity contribution in [2.24, 2.45) is 0 Å². The van der Waals surface area contributed by atoms with Gasteiger partial charge in [0.1, 0.15) is 0 Å². The Morgan fingerprint density at radius 1 is 1.38 bits per heavy atom. The molecule has 78 valence electrons. The number of hydrogen-bond donors (Lipinski definition) is 0. The van der Waals surface area contributed by atoms with Crippen LogP contribution < -0.4 is 0 Å². The van der Waals surface area contributed by atoms with Crippen LogP contribution >= 0.6 is 0 Å². The van der Waals surface area contributed by atoms with E-state index in [1.54, 1.807) is 0 Å². The molecule has 1 aliphatic rings. The van der Waals surface area contributed by atoms with Crippen molar-refractivity contribution in [3.8, 4) is 0 Å². The molecule has 1 fully saturated rings. The third-order valence-corrected chi connectivity index (χ3v) is 3.77. The molecule has 13 heavy (non-hydrogen) atoms. The molecule has 1 rings (SSSR count). The van der Waals surface area contributed by atoms with Gasteiger partial charge in [0.15, 0.2) is 0 Å². The largest absolute Gasteiger partial charge is 0.376 e. The van der Waals surface area contributed by atoms with Gasteiger partial charge >= 0.3 is 0 Å². The smallest absolute Gasteiger partial charge is 0.0699 e. The highest BCUT2D eigenvalue weighted by Gasteiger charge is 2.23. The summed E-state index contributed by atoms with van der Waals surface area (Å²) in [6, 6.07) is 0. The Morgan fingerprint density at radius 2 is 2.08 bits per heavy atom. The van der Waals surface area contributed by atoms with Gasteiger partial charge in [0.25, 0.3) is 0 Å². The molecule has 1 unspecified atom stereocenters. The second kappa shape index (κ2) is 4.58. The maximum Gasteiger partial charge on any atom is 0.0699 e. The number of rotatable bonds is 3. The van der Waals surface area contributed by atoms with E-state index in [1.807, 2.05) is 0 Å². The van der Waals surface area contributed by atoms with Gasteiger partial charge in [-0.1, -0.05) is 26.6 Å². The molecule has 0 bridgehead atoms. The zero-order valence-electron chi connectivity index (χ0n) is 9.47. The fourth-order valence-electron chi connectivity index (χ4n) is 1.84. The van der Waals surface area contributed by atoms with Crippen molar-refractivity contribution in [1.82, 2.24) is 4.90 Å². The highest BCUT2D eigenvalue weighted by molar-refractivity contribution is 6.76. The summed E-state index contributed by atoms with van der Waals surface area (Å²) < 4.78 is 5.65. The molecule has 1 heterocycles. The average molecular weight is 201 g/mol. The van der Waals surface area contributed by atoms with Crippen molar-refractivity contribution in [2.45, 2.75) is 39.1 Å². The molecule has 0 aromatic heterocycles. The summed E-state index contributed by atoms with van der Waals surface area (Å²) in [5.41, 5.74) is 0. The summed E-state index contributed by atoms with van der Waals surface area (Å²) >= 11 is 0. The number of hydrogen-bond acceptors (Lipinski definition) is 2. The van der Waals surface area contributed by atoms with E-state index in [0.717, 1.165) is 26.1 Å². The fraction of sp³-hybridized carbons (Fsp3) is 1.00. The summed E-state index contributed by atoms with van der Waals surface area (Å²) in [5, 5.41) is 0. The van der Waals surface area contributed by atoms with Crippen molar-refractivity contribution in [1.29, 1.82) is 0 Å². The van der Waals surface area contributed by atoms with E-state index in [1.165, 1.54) is 6.17 Å². The molecule has 0 radical (unpaired) electrons. The first-order valence-electron chi connectivity index (χ1n) is 5.35. The van der Waals surface area contributed by atoms with E-state index in [-0.39, 0.29) is 0 Å². The highest BCUT2D eigenvalue weighted by atomic mass is 28.3. The molecular weight excluding hydrogens is 178 g/mol. The summed E-state index contributed by atoms with van der Waals surface area (Å²) in [6.07, 6.45) is 2.97. The van der Waals surface area contributed by atoms with Crippen LogP contribution in [-0.2, 0) is 4.74 Å². The van der Waals surface area contributed by atoms with E-state index >= 15 is 0 Å². The van der Waals surface area contributed by atoms with Crippen LogP contribution in [0.1, 0.15) is 13.3 Å². The van der Waals surface area contributed by atoms with Gasteiger partial charge < -0.3 is 9.64 Å². The van der Waals surface area contributed by atoms with Crippen molar-refractivity contribution < 1.29 is 4.74 Å². The highest BCUT2D eigenvalue weighted by Crippen LogP contribution is 2.11. The Kier molecular flexibility index (Phi) is 3.95. The Bertz CT molecular complexity index is 155. The molecule has 0 aromatic carbocycles. The average Bonchev–Trinajstić information content (AvgIpc) is 2.01. The topological polar surface area (TPSA) is 12.5 Å².